The van der Waals surface area contributed by atoms with E-state index in [0.29, 0.717) is 0 Å². The highest BCUT2D eigenvalue weighted by atomic mass is 15.4. The van der Waals surface area contributed by atoms with Gasteiger partial charge in [-0.1, -0.05) is 5.21 Å². The van der Waals surface area contributed by atoms with Crippen molar-refractivity contribution in [2.24, 2.45) is 7.05 Å². The number of imidazole rings is 1. The van der Waals surface area contributed by atoms with Crippen LogP contribution in [-0.4, -0.2) is 29.5 Å². The van der Waals surface area contributed by atoms with Crippen LogP contribution in [0.4, 0.5) is 0 Å². The Morgan fingerprint density at radius 1 is 1.00 bits per heavy atom. The number of aryl methyl sites for hydroxylation is 1. The highest BCUT2D eigenvalue weighted by Crippen LogP contribution is 2.22. The fourth-order valence-corrected chi connectivity index (χ4v) is 2.41. The predicted molar refractivity (Wildman–Crippen MR) is 78.9 cm³/mol. The third-order valence-corrected chi connectivity index (χ3v) is 3.45. The SMILES string of the molecule is Cn1nnc2cc(-n3ccnc3-c3ccncc3)ccc21. The van der Waals surface area contributed by atoms with Crippen LogP contribution in [0.2, 0.25) is 0 Å². The summed E-state index contributed by atoms with van der Waals surface area (Å²) in [5, 5.41) is 8.19. The molecular formula is C15H12N6. The van der Waals surface area contributed by atoms with Gasteiger partial charge in [0.2, 0.25) is 0 Å². The Balaban J connectivity index is 1.88. The lowest BCUT2D eigenvalue weighted by molar-refractivity contribution is 0.736. The summed E-state index contributed by atoms with van der Waals surface area (Å²) in [5.74, 6) is 0.876. The molecule has 0 radical (unpaired) electrons. The zero-order valence-electron chi connectivity index (χ0n) is 11.4. The summed E-state index contributed by atoms with van der Waals surface area (Å²) in [5.41, 5.74) is 3.90. The van der Waals surface area contributed by atoms with E-state index in [1.54, 1.807) is 23.3 Å². The van der Waals surface area contributed by atoms with E-state index in [2.05, 4.69) is 20.3 Å². The normalized spacial score (nSPS) is 11.1. The van der Waals surface area contributed by atoms with Gasteiger partial charge in [-0.25, -0.2) is 9.67 Å². The van der Waals surface area contributed by atoms with Crippen molar-refractivity contribution in [3.8, 4) is 17.1 Å². The minimum absolute atomic E-state index is 0.865. The van der Waals surface area contributed by atoms with Gasteiger partial charge in [0.15, 0.2) is 0 Å². The van der Waals surface area contributed by atoms with Crippen molar-refractivity contribution in [3.63, 3.8) is 0 Å². The maximum atomic E-state index is 4.44. The van der Waals surface area contributed by atoms with Crippen LogP contribution in [0.5, 0.6) is 0 Å². The van der Waals surface area contributed by atoms with Gasteiger partial charge in [-0.05, 0) is 30.3 Å². The molecule has 4 rings (SSSR count). The fourth-order valence-electron chi connectivity index (χ4n) is 2.41. The molecule has 0 spiro atoms. The molecule has 21 heavy (non-hydrogen) atoms. The van der Waals surface area contributed by atoms with Crippen LogP contribution < -0.4 is 0 Å². The van der Waals surface area contributed by atoms with Crippen LogP contribution in [0.3, 0.4) is 0 Å². The van der Waals surface area contributed by atoms with Gasteiger partial charge in [-0.15, -0.1) is 5.10 Å². The van der Waals surface area contributed by atoms with Gasteiger partial charge in [-0.2, -0.15) is 0 Å². The number of fused-ring (bicyclic) bond motifs is 1. The Bertz CT molecular complexity index is 906. The number of hydrogen-bond acceptors (Lipinski definition) is 4. The first-order valence-electron chi connectivity index (χ1n) is 6.56. The Morgan fingerprint density at radius 2 is 1.86 bits per heavy atom. The molecule has 0 saturated carbocycles. The smallest absolute Gasteiger partial charge is 0.144 e. The second kappa shape index (κ2) is 4.52. The van der Waals surface area contributed by atoms with Crippen molar-refractivity contribution in [2.75, 3.05) is 0 Å². The minimum Gasteiger partial charge on any atom is -0.300 e. The molecule has 4 aromatic rings. The summed E-state index contributed by atoms with van der Waals surface area (Å²) in [6.45, 7) is 0. The molecule has 3 aromatic heterocycles. The summed E-state index contributed by atoms with van der Waals surface area (Å²) in [6.07, 6.45) is 7.25. The van der Waals surface area contributed by atoms with E-state index in [1.807, 2.05) is 48.1 Å². The number of nitrogens with zero attached hydrogens (tertiary/aromatic N) is 6. The van der Waals surface area contributed by atoms with E-state index in [-0.39, 0.29) is 0 Å². The Hall–Kier alpha value is -3.02. The van der Waals surface area contributed by atoms with Crippen LogP contribution in [0.1, 0.15) is 0 Å². The van der Waals surface area contributed by atoms with E-state index >= 15 is 0 Å². The molecule has 0 unspecified atom stereocenters. The zero-order valence-corrected chi connectivity index (χ0v) is 11.4. The Labute approximate surface area is 120 Å². The Kier molecular flexibility index (Phi) is 2.53. The molecule has 0 amide bonds. The maximum absolute atomic E-state index is 4.44. The van der Waals surface area contributed by atoms with Crippen molar-refractivity contribution >= 4 is 11.0 Å². The quantitative estimate of drug-likeness (QED) is 0.563. The van der Waals surface area contributed by atoms with Gasteiger partial charge < -0.3 is 0 Å². The molecular weight excluding hydrogens is 264 g/mol. The van der Waals surface area contributed by atoms with Crippen LogP contribution in [0.25, 0.3) is 28.1 Å². The number of aromatic nitrogens is 6. The second-order valence-corrected chi connectivity index (χ2v) is 4.74. The lowest BCUT2D eigenvalue weighted by Gasteiger charge is -2.07. The molecule has 0 saturated heterocycles. The summed E-state index contributed by atoms with van der Waals surface area (Å²) in [6, 6.07) is 9.95. The molecule has 1 aromatic carbocycles. The molecule has 6 heteroatoms. The second-order valence-electron chi connectivity index (χ2n) is 4.74. The van der Waals surface area contributed by atoms with Crippen molar-refractivity contribution < 1.29 is 0 Å². The summed E-state index contributed by atoms with van der Waals surface area (Å²) >= 11 is 0. The number of benzene rings is 1. The third kappa shape index (κ3) is 1.88. The van der Waals surface area contributed by atoms with Gasteiger partial charge in [0.1, 0.15) is 11.3 Å². The van der Waals surface area contributed by atoms with Gasteiger partial charge in [0.05, 0.1) is 5.52 Å². The fraction of sp³-hybridized carbons (Fsp3) is 0.0667. The van der Waals surface area contributed by atoms with E-state index in [9.17, 15) is 0 Å². The first kappa shape index (κ1) is 11.8. The van der Waals surface area contributed by atoms with Gasteiger partial charge in [0, 0.05) is 43.1 Å². The standard InChI is InChI=1S/C15H12N6/c1-20-14-3-2-12(10-13(14)18-19-20)21-9-8-17-15(21)11-4-6-16-7-5-11/h2-10H,1H3. The third-order valence-electron chi connectivity index (χ3n) is 3.45. The zero-order chi connectivity index (χ0) is 14.2. The molecule has 0 atom stereocenters. The van der Waals surface area contributed by atoms with Crippen molar-refractivity contribution in [1.82, 2.24) is 29.5 Å². The number of pyridine rings is 1. The van der Waals surface area contributed by atoms with Crippen LogP contribution in [-0.2, 0) is 7.05 Å². The van der Waals surface area contributed by atoms with Gasteiger partial charge in [-0.3, -0.25) is 9.55 Å². The average Bonchev–Trinajstić information content (AvgIpc) is 3.15. The van der Waals surface area contributed by atoms with Gasteiger partial charge >= 0.3 is 0 Å². The number of hydrogen-bond donors (Lipinski definition) is 0. The largest absolute Gasteiger partial charge is 0.300 e. The first-order valence-corrected chi connectivity index (χ1v) is 6.56. The lowest BCUT2D eigenvalue weighted by atomic mass is 10.2. The monoisotopic (exact) mass is 276 g/mol. The van der Waals surface area contributed by atoms with Crippen molar-refractivity contribution in [1.29, 1.82) is 0 Å². The topological polar surface area (TPSA) is 61.4 Å². The molecule has 102 valence electrons. The molecule has 6 nitrogen and oxygen atoms in total. The van der Waals surface area contributed by atoms with Crippen LogP contribution >= 0.6 is 0 Å². The molecule has 0 aliphatic rings. The van der Waals surface area contributed by atoms with Crippen molar-refractivity contribution in [2.45, 2.75) is 0 Å². The van der Waals surface area contributed by atoms with E-state index < -0.39 is 0 Å². The van der Waals surface area contributed by atoms with Crippen molar-refractivity contribution in [3.05, 3.63) is 55.1 Å². The Morgan fingerprint density at radius 3 is 2.71 bits per heavy atom. The highest BCUT2D eigenvalue weighted by molar-refractivity contribution is 5.77. The summed E-state index contributed by atoms with van der Waals surface area (Å²) in [4.78, 5) is 8.49. The van der Waals surface area contributed by atoms with Gasteiger partial charge in [0.25, 0.3) is 0 Å². The molecule has 0 fully saturated rings. The van der Waals surface area contributed by atoms with Crippen LogP contribution in [0.15, 0.2) is 55.1 Å². The first-order chi connectivity index (χ1) is 10.3. The lowest BCUT2D eigenvalue weighted by Crippen LogP contribution is -1.96. The van der Waals surface area contributed by atoms with Crippen LogP contribution in [0, 0.1) is 0 Å². The maximum Gasteiger partial charge on any atom is 0.144 e. The summed E-state index contributed by atoms with van der Waals surface area (Å²) < 4.78 is 3.79. The number of rotatable bonds is 2. The molecule has 0 N–H and O–H groups in total. The highest BCUT2D eigenvalue weighted by Gasteiger charge is 2.09. The summed E-state index contributed by atoms with van der Waals surface area (Å²) in [7, 11) is 1.88. The predicted octanol–water partition coefficient (Wildman–Crippen LogP) is 2.22. The molecule has 0 bridgehead atoms. The van der Waals surface area contributed by atoms with E-state index in [0.717, 1.165) is 28.1 Å². The van der Waals surface area contributed by atoms with E-state index in [1.165, 1.54) is 0 Å². The minimum atomic E-state index is 0.865. The molecule has 3 heterocycles. The average molecular weight is 276 g/mol. The molecule has 0 aliphatic heterocycles. The van der Waals surface area contributed by atoms with E-state index in [4.69, 9.17) is 0 Å². The molecule has 0 aliphatic carbocycles.